The minimum absolute atomic E-state index is 0.0779. The minimum Gasteiger partial charge on any atom is -0.314 e. The van der Waals surface area contributed by atoms with Crippen molar-refractivity contribution in [2.45, 2.75) is 57.7 Å². The van der Waals surface area contributed by atoms with Crippen LogP contribution in [0.15, 0.2) is 24.3 Å². The normalized spacial score (nSPS) is 24.1. The molecule has 0 amide bonds. The Morgan fingerprint density at radius 2 is 1.71 bits per heavy atom. The summed E-state index contributed by atoms with van der Waals surface area (Å²) >= 11 is 0. The molecule has 0 bridgehead atoms. The Labute approximate surface area is 124 Å². The van der Waals surface area contributed by atoms with Crippen molar-refractivity contribution in [2.75, 3.05) is 6.54 Å². The Bertz CT molecular complexity index is 456. The quantitative estimate of drug-likeness (QED) is 0.850. The average Bonchev–Trinajstić information content (AvgIpc) is 2.37. The van der Waals surface area contributed by atoms with Crippen LogP contribution in [0, 0.1) is 5.92 Å². The molecule has 1 heterocycles. The molecule has 0 radical (unpaired) electrons. The van der Waals surface area contributed by atoms with Crippen molar-refractivity contribution in [1.29, 1.82) is 0 Å². The molecule has 21 heavy (non-hydrogen) atoms. The summed E-state index contributed by atoms with van der Waals surface area (Å²) in [6.45, 7) is 6.91. The number of rotatable bonds is 2. The van der Waals surface area contributed by atoms with Gasteiger partial charge in [0.15, 0.2) is 0 Å². The molecule has 1 aliphatic heterocycles. The molecule has 1 aromatic rings. The second-order valence-electron chi connectivity index (χ2n) is 7.07. The largest absolute Gasteiger partial charge is 0.391 e. The van der Waals surface area contributed by atoms with E-state index in [4.69, 9.17) is 0 Å². The maximum Gasteiger partial charge on any atom is 0.391 e. The summed E-state index contributed by atoms with van der Waals surface area (Å²) < 4.78 is 38.4. The van der Waals surface area contributed by atoms with Crippen LogP contribution in [0.1, 0.15) is 44.7 Å². The number of hydrogen-bond donors (Lipinski definition) is 1. The molecule has 2 unspecified atom stereocenters. The molecule has 2 rings (SSSR count). The van der Waals surface area contributed by atoms with E-state index in [-0.39, 0.29) is 24.3 Å². The van der Waals surface area contributed by atoms with Crippen LogP contribution in [-0.2, 0) is 11.8 Å². The summed E-state index contributed by atoms with van der Waals surface area (Å²) in [5.74, 6) is -1.16. The molecule has 1 N–H and O–H groups in total. The van der Waals surface area contributed by atoms with E-state index in [0.29, 0.717) is 13.0 Å². The highest BCUT2D eigenvalue weighted by Gasteiger charge is 2.41. The molecule has 4 heteroatoms. The standard InChI is InChI=1S/C17H24F3N/c1-16(2,3)13-6-4-12(5-7-13)10-15-11-14(8-9-21-15)17(18,19)20/h4-7,14-15,21H,8-11H2,1-3H3. The molecule has 0 aromatic heterocycles. The molecular formula is C17H24F3N. The van der Waals surface area contributed by atoms with Gasteiger partial charge in [0.2, 0.25) is 0 Å². The summed E-state index contributed by atoms with van der Waals surface area (Å²) in [5.41, 5.74) is 2.45. The van der Waals surface area contributed by atoms with Gasteiger partial charge in [-0.05, 0) is 42.3 Å². The fraction of sp³-hybridized carbons (Fsp3) is 0.647. The Balaban J connectivity index is 1.98. The van der Waals surface area contributed by atoms with Gasteiger partial charge in [-0.15, -0.1) is 0 Å². The van der Waals surface area contributed by atoms with Crippen LogP contribution in [0.2, 0.25) is 0 Å². The third-order valence-electron chi connectivity index (χ3n) is 4.26. The average molecular weight is 299 g/mol. The molecule has 1 saturated heterocycles. The van der Waals surface area contributed by atoms with Gasteiger partial charge in [0, 0.05) is 6.04 Å². The number of nitrogens with one attached hydrogen (secondary N) is 1. The smallest absolute Gasteiger partial charge is 0.314 e. The maximum absolute atomic E-state index is 12.8. The monoisotopic (exact) mass is 299 g/mol. The first-order chi connectivity index (χ1) is 9.66. The van der Waals surface area contributed by atoms with E-state index >= 15 is 0 Å². The van der Waals surface area contributed by atoms with E-state index in [1.807, 2.05) is 12.1 Å². The van der Waals surface area contributed by atoms with Crippen molar-refractivity contribution < 1.29 is 13.2 Å². The van der Waals surface area contributed by atoms with E-state index in [1.165, 1.54) is 5.56 Å². The summed E-state index contributed by atoms with van der Waals surface area (Å²) in [6, 6.07) is 8.17. The Morgan fingerprint density at radius 1 is 1.10 bits per heavy atom. The molecule has 1 aliphatic rings. The molecule has 1 fully saturated rings. The summed E-state index contributed by atoms with van der Waals surface area (Å²) in [4.78, 5) is 0. The van der Waals surface area contributed by atoms with Crippen molar-refractivity contribution in [3.8, 4) is 0 Å². The van der Waals surface area contributed by atoms with Crippen LogP contribution < -0.4 is 5.32 Å². The van der Waals surface area contributed by atoms with Crippen molar-refractivity contribution in [2.24, 2.45) is 5.92 Å². The van der Waals surface area contributed by atoms with Crippen molar-refractivity contribution in [3.05, 3.63) is 35.4 Å². The zero-order chi connectivity index (χ0) is 15.7. The van der Waals surface area contributed by atoms with Crippen molar-refractivity contribution in [3.63, 3.8) is 0 Å². The lowest BCUT2D eigenvalue weighted by Gasteiger charge is -2.31. The van der Waals surface area contributed by atoms with Gasteiger partial charge in [-0.2, -0.15) is 13.2 Å². The van der Waals surface area contributed by atoms with Gasteiger partial charge >= 0.3 is 6.18 Å². The predicted molar refractivity (Wildman–Crippen MR) is 79.4 cm³/mol. The number of halogens is 3. The SMILES string of the molecule is CC(C)(C)c1ccc(CC2CC(C(F)(F)F)CCN2)cc1. The van der Waals surface area contributed by atoms with Gasteiger partial charge in [-0.25, -0.2) is 0 Å². The first-order valence-corrected chi connectivity index (χ1v) is 7.56. The highest BCUT2D eigenvalue weighted by Crippen LogP contribution is 2.34. The lowest BCUT2D eigenvalue weighted by Crippen LogP contribution is -2.43. The number of piperidine rings is 1. The lowest BCUT2D eigenvalue weighted by molar-refractivity contribution is -0.183. The topological polar surface area (TPSA) is 12.0 Å². The van der Waals surface area contributed by atoms with Crippen LogP contribution in [0.25, 0.3) is 0 Å². The summed E-state index contributed by atoms with van der Waals surface area (Å²) in [6.07, 6.45) is -3.01. The molecule has 2 atom stereocenters. The third-order valence-corrected chi connectivity index (χ3v) is 4.26. The predicted octanol–water partition coefficient (Wildman–Crippen LogP) is 4.46. The van der Waals surface area contributed by atoms with Gasteiger partial charge in [0.25, 0.3) is 0 Å². The second kappa shape index (κ2) is 5.99. The zero-order valence-corrected chi connectivity index (χ0v) is 12.9. The molecular weight excluding hydrogens is 275 g/mol. The first kappa shape index (κ1) is 16.3. The molecule has 0 saturated carbocycles. The maximum atomic E-state index is 12.8. The third kappa shape index (κ3) is 4.47. The van der Waals surface area contributed by atoms with Crippen LogP contribution in [0.3, 0.4) is 0 Å². The Hall–Kier alpha value is -1.03. The molecule has 118 valence electrons. The Morgan fingerprint density at radius 3 is 2.24 bits per heavy atom. The second-order valence-corrected chi connectivity index (χ2v) is 7.07. The number of benzene rings is 1. The number of alkyl halides is 3. The minimum atomic E-state index is -4.06. The highest BCUT2D eigenvalue weighted by molar-refractivity contribution is 5.28. The highest BCUT2D eigenvalue weighted by atomic mass is 19.4. The number of hydrogen-bond acceptors (Lipinski definition) is 1. The summed E-state index contributed by atoms with van der Waals surface area (Å²) in [5, 5.41) is 3.21. The van der Waals surface area contributed by atoms with E-state index < -0.39 is 12.1 Å². The van der Waals surface area contributed by atoms with Gasteiger partial charge in [0.1, 0.15) is 0 Å². The van der Waals surface area contributed by atoms with E-state index in [0.717, 1.165) is 5.56 Å². The molecule has 1 nitrogen and oxygen atoms in total. The van der Waals surface area contributed by atoms with Crippen molar-refractivity contribution >= 4 is 0 Å². The van der Waals surface area contributed by atoms with Gasteiger partial charge in [-0.1, -0.05) is 45.0 Å². The van der Waals surface area contributed by atoms with Gasteiger partial charge in [0.05, 0.1) is 5.92 Å². The van der Waals surface area contributed by atoms with E-state index in [1.54, 1.807) is 0 Å². The fourth-order valence-corrected chi connectivity index (χ4v) is 2.88. The first-order valence-electron chi connectivity index (χ1n) is 7.56. The van der Waals surface area contributed by atoms with Crippen molar-refractivity contribution in [1.82, 2.24) is 5.32 Å². The van der Waals surface area contributed by atoms with Gasteiger partial charge in [-0.3, -0.25) is 0 Å². The van der Waals surface area contributed by atoms with Crippen LogP contribution >= 0.6 is 0 Å². The lowest BCUT2D eigenvalue weighted by atomic mass is 9.85. The van der Waals surface area contributed by atoms with Crippen LogP contribution in [0.4, 0.5) is 13.2 Å². The van der Waals surface area contributed by atoms with E-state index in [9.17, 15) is 13.2 Å². The van der Waals surface area contributed by atoms with Gasteiger partial charge < -0.3 is 5.32 Å². The summed E-state index contributed by atoms with van der Waals surface area (Å²) in [7, 11) is 0. The zero-order valence-electron chi connectivity index (χ0n) is 12.9. The molecule has 1 aromatic carbocycles. The van der Waals surface area contributed by atoms with Crippen LogP contribution in [0.5, 0.6) is 0 Å². The Kier molecular flexibility index (Phi) is 4.66. The molecule has 0 spiro atoms. The van der Waals surface area contributed by atoms with Crippen LogP contribution in [-0.4, -0.2) is 18.8 Å². The fourth-order valence-electron chi connectivity index (χ4n) is 2.88. The molecule has 0 aliphatic carbocycles. The van der Waals surface area contributed by atoms with E-state index in [2.05, 4.69) is 38.2 Å².